The van der Waals surface area contributed by atoms with Gasteiger partial charge >= 0.3 is 11.9 Å². The van der Waals surface area contributed by atoms with Crippen LogP contribution < -0.4 is 0 Å². The fourth-order valence-electron chi connectivity index (χ4n) is 4.22. The number of carbonyl (C=O) groups excluding carboxylic acids is 2. The number of esters is 2. The van der Waals surface area contributed by atoms with Gasteiger partial charge in [0.1, 0.15) is 6.10 Å². The van der Waals surface area contributed by atoms with Crippen LogP contribution in [0.25, 0.3) is 5.57 Å². The molecule has 0 aromatic heterocycles. The van der Waals surface area contributed by atoms with Crippen molar-refractivity contribution in [2.45, 2.75) is 77.7 Å². The Kier molecular flexibility index (Phi) is 12.8. The molecule has 1 aliphatic carbocycles. The minimum absolute atomic E-state index is 0.0199. The molecule has 0 spiro atoms. The zero-order valence-corrected chi connectivity index (χ0v) is 21.3. The fraction of sp³-hybridized carbons (Fsp3) is 0.586. The standard InChI is InChI=1S/C29H42O6/c1-4-5-6-7-23-8-12-25(13-9-23)26-14-10-24(11-15-26)18-27(35-29(33)22(3)20-31)16-17-34-28(32)21(2)19-30/h10-12,14-15,21,23,27,30-31H,3-9,13,16-20H2,1-2H3. The van der Waals surface area contributed by atoms with Crippen LogP contribution in [0.15, 0.2) is 42.5 Å². The topological polar surface area (TPSA) is 93.1 Å². The quantitative estimate of drug-likeness (QED) is 0.206. The highest BCUT2D eigenvalue weighted by Crippen LogP contribution is 2.33. The number of aliphatic hydroxyl groups is 2. The van der Waals surface area contributed by atoms with Crippen molar-refractivity contribution in [2.75, 3.05) is 19.8 Å². The van der Waals surface area contributed by atoms with Crippen molar-refractivity contribution in [3.05, 3.63) is 53.6 Å². The molecule has 3 unspecified atom stereocenters. The fourth-order valence-corrected chi connectivity index (χ4v) is 4.22. The molecule has 0 bridgehead atoms. The van der Waals surface area contributed by atoms with E-state index in [1.165, 1.54) is 43.2 Å². The first-order valence-electron chi connectivity index (χ1n) is 12.9. The van der Waals surface area contributed by atoms with Crippen LogP contribution in [0, 0.1) is 11.8 Å². The summed E-state index contributed by atoms with van der Waals surface area (Å²) in [5, 5.41) is 18.3. The van der Waals surface area contributed by atoms with Gasteiger partial charge in [-0.25, -0.2) is 4.79 Å². The van der Waals surface area contributed by atoms with Gasteiger partial charge in [-0.15, -0.1) is 0 Å². The predicted molar refractivity (Wildman–Crippen MR) is 138 cm³/mol. The molecule has 6 nitrogen and oxygen atoms in total. The van der Waals surface area contributed by atoms with Crippen LogP contribution in [0.4, 0.5) is 0 Å². The van der Waals surface area contributed by atoms with Gasteiger partial charge in [0.2, 0.25) is 0 Å². The van der Waals surface area contributed by atoms with Crippen LogP contribution >= 0.6 is 0 Å². The summed E-state index contributed by atoms with van der Waals surface area (Å²) in [7, 11) is 0. The lowest BCUT2D eigenvalue weighted by atomic mass is 9.83. The molecule has 1 aromatic rings. The van der Waals surface area contributed by atoms with Gasteiger partial charge in [-0.1, -0.05) is 69.5 Å². The molecule has 2 N–H and O–H groups in total. The number of ether oxygens (including phenoxy) is 2. The zero-order chi connectivity index (χ0) is 25.6. The number of rotatable bonds is 15. The summed E-state index contributed by atoms with van der Waals surface area (Å²) in [4.78, 5) is 24.0. The second kappa shape index (κ2) is 15.5. The summed E-state index contributed by atoms with van der Waals surface area (Å²) < 4.78 is 10.7. The summed E-state index contributed by atoms with van der Waals surface area (Å²) in [6, 6.07) is 8.33. The van der Waals surface area contributed by atoms with Crippen LogP contribution in [0.3, 0.4) is 0 Å². The molecule has 0 saturated carbocycles. The Morgan fingerprint density at radius 2 is 1.91 bits per heavy atom. The van der Waals surface area contributed by atoms with Gasteiger partial charge < -0.3 is 19.7 Å². The zero-order valence-electron chi connectivity index (χ0n) is 21.3. The number of allylic oxidation sites excluding steroid dienone is 2. The molecule has 1 aromatic carbocycles. The van der Waals surface area contributed by atoms with E-state index in [1.807, 2.05) is 12.1 Å². The first-order chi connectivity index (χ1) is 16.9. The van der Waals surface area contributed by atoms with E-state index in [4.69, 9.17) is 14.6 Å². The molecule has 1 aliphatic rings. The molecule has 0 radical (unpaired) electrons. The van der Waals surface area contributed by atoms with E-state index in [2.05, 4.69) is 31.7 Å². The summed E-state index contributed by atoms with van der Waals surface area (Å²) in [5.41, 5.74) is 3.61. The second-order valence-electron chi connectivity index (χ2n) is 9.60. The number of hydrogen-bond acceptors (Lipinski definition) is 6. The van der Waals surface area contributed by atoms with Gasteiger partial charge in [0.25, 0.3) is 0 Å². The average molecular weight is 487 g/mol. The average Bonchev–Trinajstić information content (AvgIpc) is 2.88. The minimum Gasteiger partial charge on any atom is -0.465 e. The third-order valence-corrected chi connectivity index (χ3v) is 6.64. The first-order valence-corrected chi connectivity index (χ1v) is 12.9. The molecule has 0 amide bonds. The molecule has 3 atom stereocenters. The van der Waals surface area contributed by atoms with Crippen molar-refractivity contribution < 1.29 is 29.3 Å². The molecule has 35 heavy (non-hydrogen) atoms. The minimum atomic E-state index is -0.662. The lowest BCUT2D eigenvalue weighted by Gasteiger charge is -2.22. The van der Waals surface area contributed by atoms with Gasteiger partial charge in [-0.05, 0) is 48.8 Å². The van der Waals surface area contributed by atoms with E-state index >= 15 is 0 Å². The van der Waals surface area contributed by atoms with E-state index in [0.717, 1.165) is 24.3 Å². The molecule has 0 fully saturated rings. The lowest BCUT2D eigenvalue weighted by molar-refractivity contribution is -0.151. The van der Waals surface area contributed by atoms with Gasteiger partial charge in [0, 0.05) is 12.8 Å². The third kappa shape index (κ3) is 9.98. The van der Waals surface area contributed by atoms with Crippen molar-refractivity contribution in [3.63, 3.8) is 0 Å². The molecular weight excluding hydrogens is 444 g/mol. The first kappa shape index (κ1) is 28.8. The maximum Gasteiger partial charge on any atom is 0.336 e. The van der Waals surface area contributed by atoms with Crippen LogP contribution in [0.5, 0.6) is 0 Å². The number of aliphatic hydroxyl groups excluding tert-OH is 2. The molecule has 0 heterocycles. The van der Waals surface area contributed by atoms with E-state index in [0.29, 0.717) is 12.8 Å². The van der Waals surface area contributed by atoms with E-state index < -0.39 is 30.6 Å². The van der Waals surface area contributed by atoms with Crippen molar-refractivity contribution in [2.24, 2.45) is 11.8 Å². The smallest absolute Gasteiger partial charge is 0.336 e. The monoisotopic (exact) mass is 486 g/mol. The molecular formula is C29H42O6. The summed E-state index contributed by atoms with van der Waals surface area (Å²) in [6.07, 6.45) is 11.4. The lowest BCUT2D eigenvalue weighted by Crippen LogP contribution is -2.26. The SMILES string of the molecule is C=C(CO)C(=O)OC(CCOC(=O)C(C)CO)Cc1ccc(C2=CCC(CCCCC)CC2)cc1. The maximum absolute atomic E-state index is 12.2. The molecule has 2 rings (SSSR count). The summed E-state index contributed by atoms with van der Waals surface area (Å²) in [6.45, 7) is 6.66. The van der Waals surface area contributed by atoms with Gasteiger partial charge in [0.15, 0.2) is 0 Å². The van der Waals surface area contributed by atoms with Crippen molar-refractivity contribution in [1.29, 1.82) is 0 Å². The van der Waals surface area contributed by atoms with E-state index in [9.17, 15) is 14.7 Å². The normalized spacial score (nSPS) is 17.3. The van der Waals surface area contributed by atoms with Crippen molar-refractivity contribution in [1.82, 2.24) is 0 Å². The Hall–Kier alpha value is -2.44. The van der Waals surface area contributed by atoms with Crippen LogP contribution in [0.2, 0.25) is 0 Å². The van der Waals surface area contributed by atoms with Gasteiger partial charge in [-0.3, -0.25) is 4.79 Å². The highest BCUT2D eigenvalue weighted by Gasteiger charge is 2.20. The number of hydrogen-bond donors (Lipinski definition) is 2. The number of unbranched alkanes of at least 4 members (excludes halogenated alkanes) is 2. The predicted octanol–water partition coefficient (Wildman–Crippen LogP) is 5.01. The Bertz CT molecular complexity index is 841. The van der Waals surface area contributed by atoms with Gasteiger partial charge in [0.05, 0.1) is 31.3 Å². The van der Waals surface area contributed by atoms with Crippen molar-refractivity contribution in [3.8, 4) is 0 Å². The summed E-state index contributed by atoms with van der Waals surface area (Å²) in [5.74, 6) is -0.943. The number of benzene rings is 1. The Balaban J connectivity index is 1.96. The third-order valence-electron chi connectivity index (χ3n) is 6.64. The molecule has 194 valence electrons. The van der Waals surface area contributed by atoms with Crippen LogP contribution in [-0.4, -0.2) is 48.1 Å². The van der Waals surface area contributed by atoms with Crippen LogP contribution in [-0.2, 0) is 25.5 Å². The van der Waals surface area contributed by atoms with E-state index in [-0.39, 0.29) is 18.8 Å². The van der Waals surface area contributed by atoms with E-state index in [1.54, 1.807) is 6.92 Å². The molecule has 6 heteroatoms. The highest BCUT2D eigenvalue weighted by molar-refractivity contribution is 5.88. The molecule has 0 aliphatic heterocycles. The summed E-state index contributed by atoms with van der Waals surface area (Å²) >= 11 is 0. The highest BCUT2D eigenvalue weighted by atomic mass is 16.6. The molecule has 0 saturated heterocycles. The largest absolute Gasteiger partial charge is 0.465 e. The van der Waals surface area contributed by atoms with Crippen LogP contribution in [0.1, 0.15) is 76.3 Å². The Morgan fingerprint density at radius 3 is 2.51 bits per heavy atom. The number of carbonyl (C=O) groups is 2. The van der Waals surface area contributed by atoms with Crippen molar-refractivity contribution >= 4 is 17.5 Å². The second-order valence-corrected chi connectivity index (χ2v) is 9.60. The Labute approximate surface area is 210 Å². The van der Waals surface area contributed by atoms with Gasteiger partial charge in [-0.2, -0.15) is 0 Å². The Morgan fingerprint density at radius 1 is 1.17 bits per heavy atom. The maximum atomic E-state index is 12.2.